The van der Waals surface area contributed by atoms with Gasteiger partial charge in [0.1, 0.15) is 12.1 Å². The van der Waals surface area contributed by atoms with Crippen molar-refractivity contribution in [1.82, 2.24) is 0 Å². The van der Waals surface area contributed by atoms with Gasteiger partial charge in [0, 0.05) is 6.42 Å². The van der Waals surface area contributed by atoms with Gasteiger partial charge in [-0.25, -0.2) is 0 Å². The minimum absolute atomic E-state index is 0. The normalized spacial score (nSPS) is 9.40. The molecule has 0 N–H and O–H groups in total. The third-order valence-electron chi connectivity index (χ3n) is 2.37. The zero-order valence-corrected chi connectivity index (χ0v) is 12.3. The van der Waals surface area contributed by atoms with Gasteiger partial charge >= 0.3 is 29.6 Å². The fraction of sp³-hybridized carbons (Fsp3) is 0.833. The van der Waals surface area contributed by atoms with Crippen molar-refractivity contribution in [3.63, 3.8) is 0 Å². The Morgan fingerprint density at radius 2 is 1.53 bits per heavy atom. The fourth-order valence-corrected chi connectivity index (χ4v) is 1.47. The average molecular weight is 221 g/mol. The first-order valence-corrected chi connectivity index (χ1v) is 5.76. The number of aldehydes is 1. The second-order valence-corrected chi connectivity index (χ2v) is 3.78. The summed E-state index contributed by atoms with van der Waals surface area (Å²) >= 11 is 0. The van der Waals surface area contributed by atoms with Crippen LogP contribution >= 0.6 is 0 Å². The SMILES string of the molecule is CCCCCCCCCC(=O)CC=O.[Na+]. The molecule has 0 radical (unpaired) electrons. The molecule has 0 aliphatic rings. The van der Waals surface area contributed by atoms with E-state index in [4.69, 9.17) is 0 Å². The van der Waals surface area contributed by atoms with Crippen molar-refractivity contribution in [2.45, 2.75) is 64.7 Å². The Labute approximate surface area is 115 Å². The van der Waals surface area contributed by atoms with Gasteiger partial charge in [0.15, 0.2) is 0 Å². The van der Waals surface area contributed by atoms with Gasteiger partial charge in [-0.1, -0.05) is 45.4 Å². The summed E-state index contributed by atoms with van der Waals surface area (Å²) in [5, 5.41) is 0. The monoisotopic (exact) mass is 221 g/mol. The molecule has 15 heavy (non-hydrogen) atoms. The van der Waals surface area contributed by atoms with Gasteiger partial charge in [-0.2, -0.15) is 0 Å². The average Bonchev–Trinajstić information content (AvgIpc) is 2.17. The molecule has 0 aromatic rings. The molecule has 3 heteroatoms. The molecule has 0 aliphatic carbocycles. The number of rotatable bonds is 10. The molecular formula is C12H22NaO2+. The van der Waals surface area contributed by atoms with Gasteiger partial charge in [-0.15, -0.1) is 0 Å². The summed E-state index contributed by atoms with van der Waals surface area (Å²) in [6.45, 7) is 2.21. The molecule has 0 amide bonds. The third kappa shape index (κ3) is 14.3. The molecule has 0 aromatic carbocycles. The van der Waals surface area contributed by atoms with Crippen LogP contribution in [0.25, 0.3) is 0 Å². The Hall–Kier alpha value is 0.340. The first-order valence-electron chi connectivity index (χ1n) is 5.76. The molecule has 0 heterocycles. The van der Waals surface area contributed by atoms with E-state index in [1.165, 1.54) is 32.1 Å². The molecule has 0 saturated heterocycles. The van der Waals surface area contributed by atoms with Crippen LogP contribution in [0.2, 0.25) is 0 Å². The summed E-state index contributed by atoms with van der Waals surface area (Å²) < 4.78 is 0. The molecule has 0 bridgehead atoms. The Kier molecular flexibility index (Phi) is 16.9. The summed E-state index contributed by atoms with van der Waals surface area (Å²) in [4.78, 5) is 20.9. The number of Topliss-reactive ketones (excluding diaryl/α,β-unsaturated/α-hetero) is 1. The van der Waals surface area contributed by atoms with E-state index in [0.717, 1.165) is 12.8 Å². The zero-order chi connectivity index (χ0) is 10.6. The van der Waals surface area contributed by atoms with Crippen LogP contribution in [-0.4, -0.2) is 12.1 Å². The van der Waals surface area contributed by atoms with E-state index >= 15 is 0 Å². The molecule has 0 spiro atoms. The van der Waals surface area contributed by atoms with Gasteiger partial charge in [-0.05, 0) is 6.42 Å². The van der Waals surface area contributed by atoms with Crippen molar-refractivity contribution < 1.29 is 39.1 Å². The zero-order valence-electron chi connectivity index (χ0n) is 10.3. The Bertz CT molecular complexity index is 158. The smallest absolute Gasteiger partial charge is 0.303 e. The van der Waals surface area contributed by atoms with Crippen molar-refractivity contribution >= 4 is 12.1 Å². The predicted molar refractivity (Wildman–Crippen MR) is 58.3 cm³/mol. The summed E-state index contributed by atoms with van der Waals surface area (Å²) in [6.07, 6.45) is 9.92. The number of ketones is 1. The van der Waals surface area contributed by atoms with Crippen molar-refractivity contribution in [1.29, 1.82) is 0 Å². The molecule has 0 aromatic heterocycles. The van der Waals surface area contributed by atoms with Crippen LogP contribution < -0.4 is 29.6 Å². The molecule has 0 saturated carbocycles. The van der Waals surface area contributed by atoms with Gasteiger partial charge < -0.3 is 4.79 Å². The fourth-order valence-electron chi connectivity index (χ4n) is 1.47. The molecule has 0 fully saturated rings. The Morgan fingerprint density at radius 1 is 1.00 bits per heavy atom. The second kappa shape index (κ2) is 14.3. The standard InChI is InChI=1S/C12H22O2.Na/c1-2-3-4-5-6-7-8-9-12(14)10-11-13;/h11H,2-10H2,1H3;/q;+1. The number of unbranched alkanes of at least 4 members (excludes halogenated alkanes) is 6. The molecular weight excluding hydrogens is 199 g/mol. The van der Waals surface area contributed by atoms with E-state index < -0.39 is 0 Å². The number of carbonyl (C=O) groups excluding carboxylic acids is 2. The minimum atomic E-state index is 0. The summed E-state index contributed by atoms with van der Waals surface area (Å²) in [6, 6.07) is 0. The van der Waals surface area contributed by atoms with Gasteiger partial charge in [0.25, 0.3) is 0 Å². The maximum atomic E-state index is 10.9. The number of hydrogen-bond acceptors (Lipinski definition) is 2. The Balaban J connectivity index is 0. The van der Waals surface area contributed by atoms with E-state index in [0.29, 0.717) is 12.7 Å². The van der Waals surface area contributed by atoms with Crippen molar-refractivity contribution in [3.8, 4) is 0 Å². The van der Waals surface area contributed by atoms with Gasteiger partial charge in [0.05, 0.1) is 6.42 Å². The van der Waals surface area contributed by atoms with Crippen LogP contribution in [0.1, 0.15) is 64.7 Å². The minimum Gasteiger partial charge on any atom is -0.303 e. The quantitative estimate of drug-likeness (QED) is 0.230. The van der Waals surface area contributed by atoms with E-state index in [1.54, 1.807) is 0 Å². The van der Waals surface area contributed by atoms with Gasteiger partial charge in [0.2, 0.25) is 0 Å². The van der Waals surface area contributed by atoms with Crippen molar-refractivity contribution in [3.05, 3.63) is 0 Å². The summed E-state index contributed by atoms with van der Waals surface area (Å²) in [5.41, 5.74) is 0. The predicted octanol–water partition coefficient (Wildman–Crippen LogP) is 0.289. The van der Waals surface area contributed by atoms with E-state index in [-0.39, 0.29) is 41.8 Å². The van der Waals surface area contributed by atoms with Gasteiger partial charge in [-0.3, -0.25) is 4.79 Å². The van der Waals surface area contributed by atoms with E-state index in [9.17, 15) is 9.59 Å². The molecule has 2 nitrogen and oxygen atoms in total. The van der Waals surface area contributed by atoms with Crippen LogP contribution in [0.15, 0.2) is 0 Å². The van der Waals surface area contributed by atoms with E-state index in [2.05, 4.69) is 6.92 Å². The van der Waals surface area contributed by atoms with E-state index in [1.807, 2.05) is 0 Å². The van der Waals surface area contributed by atoms with Crippen molar-refractivity contribution in [2.75, 3.05) is 0 Å². The van der Waals surface area contributed by atoms with Crippen LogP contribution in [-0.2, 0) is 9.59 Å². The van der Waals surface area contributed by atoms with Crippen LogP contribution in [0, 0.1) is 0 Å². The first kappa shape index (κ1) is 17.7. The number of carbonyl (C=O) groups is 2. The topological polar surface area (TPSA) is 34.1 Å². The Morgan fingerprint density at radius 3 is 2.07 bits per heavy atom. The molecule has 82 valence electrons. The maximum Gasteiger partial charge on any atom is 1.00 e. The summed E-state index contributed by atoms with van der Waals surface area (Å²) in [5.74, 6) is 0.0913. The van der Waals surface area contributed by atoms with Crippen LogP contribution in [0.4, 0.5) is 0 Å². The largest absolute Gasteiger partial charge is 1.00 e. The molecule has 0 aliphatic heterocycles. The first-order chi connectivity index (χ1) is 6.81. The van der Waals surface area contributed by atoms with Crippen LogP contribution in [0.5, 0.6) is 0 Å². The second-order valence-electron chi connectivity index (χ2n) is 3.78. The van der Waals surface area contributed by atoms with Crippen LogP contribution in [0.3, 0.4) is 0 Å². The molecule has 0 unspecified atom stereocenters. The summed E-state index contributed by atoms with van der Waals surface area (Å²) in [7, 11) is 0. The molecule has 0 rings (SSSR count). The molecule has 0 atom stereocenters. The van der Waals surface area contributed by atoms with Crippen molar-refractivity contribution in [2.24, 2.45) is 0 Å². The number of hydrogen-bond donors (Lipinski definition) is 0. The maximum absolute atomic E-state index is 10.9. The third-order valence-corrected chi connectivity index (χ3v) is 2.37.